The number of thiophene rings is 1. The van der Waals surface area contributed by atoms with E-state index in [9.17, 15) is 0 Å². The number of aromatic nitrogens is 1. The van der Waals surface area contributed by atoms with Crippen molar-refractivity contribution in [2.24, 2.45) is 0 Å². The summed E-state index contributed by atoms with van der Waals surface area (Å²) in [4.78, 5) is 1.86. The molecule has 4 heteroatoms. The number of hydrogen-bond donors (Lipinski definition) is 1. The van der Waals surface area contributed by atoms with E-state index in [2.05, 4.69) is 36.7 Å². The summed E-state index contributed by atoms with van der Waals surface area (Å²) >= 11 is 1.52. The highest BCUT2D eigenvalue weighted by molar-refractivity contribution is 7.16. The van der Waals surface area contributed by atoms with Crippen molar-refractivity contribution in [3.8, 4) is 16.5 Å². The van der Waals surface area contributed by atoms with E-state index < -0.39 is 0 Å². The average Bonchev–Trinajstić information content (AvgIpc) is 3.01. The standard InChI is InChI=1S/C16H15N3S/c1-10(2)19-9-14(16-6-4-12(8-17)20-16)13-5-3-11(18)7-15(13)19/h3-7,9-10H,18H2,1-2H3. The zero-order chi connectivity index (χ0) is 14.3. The third-order valence-corrected chi connectivity index (χ3v) is 4.42. The molecule has 0 spiro atoms. The maximum absolute atomic E-state index is 8.98. The number of nitrogens with zero attached hydrogens (tertiary/aromatic N) is 2. The van der Waals surface area contributed by atoms with E-state index in [4.69, 9.17) is 11.0 Å². The monoisotopic (exact) mass is 281 g/mol. The molecule has 0 aliphatic heterocycles. The predicted molar refractivity (Wildman–Crippen MR) is 84.8 cm³/mol. The van der Waals surface area contributed by atoms with Crippen molar-refractivity contribution >= 4 is 27.9 Å². The van der Waals surface area contributed by atoms with Crippen molar-refractivity contribution in [3.63, 3.8) is 0 Å². The van der Waals surface area contributed by atoms with Crippen LogP contribution in [0, 0.1) is 11.3 Å². The molecule has 0 saturated heterocycles. The van der Waals surface area contributed by atoms with Crippen LogP contribution in [0.4, 0.5) is 5.69 Å². The van der Waals surface area contributed by atoms with Gasteiger partial charge in [0.1, 0.15) is 10.9 Å². The number of rotatable bonds is 2. The molecular formula is C16H15N3S. The minimum atomic E-state index is 0.364. The highest BCUT2D eigenvalue weighted by Gasteiger charge is 2.14. The molecule has 2 heterocycles. The maximum Gasteiger partial charge on any atom is 0.110 e. The van der Waals surface area contributed by atoms with Gasteiger partial charge in [-0.05, 0) is 38.1 Å². The molecule has 2 N–H and O–H groups in total. The van der Waals surface area contributed by atoms with Gasteiger partial charge in [-0.1, -0.05) is 6.07 Å². The number of benzene rings is 1. The zero-order valence-electron chi connectivity index (χ0n) is 11.4. The average molecular weight is 281 g/mol. The summed E-state index contributed by atoms with van der Waals surface area (Å²) in [5, 5.41) is 10.2. The third-order valence-electron chi connectivity index (χ3n) is 3.40. The van der Waals surface area contributed by atoms with Crippen LogP contribution in [-0.2, 0) is 0 Å². The Kier molecular flexibility index (Phi) is 3.00. The molecule has 0 aliphatic rings. The van der Waals surface area contributed by atoms with Gasteiger partial charge in [0.25, 0.3) is 0 Å². The molecule has 3 nitrogen and oxygen atoms in total. The number of fused-ring (bicyclic) bond motifs is 1. The van der Waals surface area contributed by atoms with Crippen LogP contribution in [0.1, 0.15) is 24.8 Å². The lowest BCUT2D eigenvalue weighted by atomic mass is 10.1. The number of nitriles is 1. The maximum atomic E-state index is 8.98. The molecule has 0 radical (unpaired) electrons. The fourth-order valence-corrected chi connectivity index (χ4v) is 3.26. The summed E-state index contributed by atoms with van der Waals surface area (Å²) in [6.07, 6.45) is 2.15. The van der Waals surface area contributed by atoms with Gasteiger partial charge >= 0.3 is 0 Å². The number of nitrogens with two attached hydrogens (primary N) is 1. The molecule has 0 unspecified atom stereocenters. The summed E-state index contributed by atoms with van der Waals surface area (Å²) < 4.78 is 2.23. The Morgan fingerprint density at radius 1 is 1.25 bits per heavy atom. The van der Waals surface area contributed by atoms with Crippen LogP contribution < -0.4 is 5.73 Å². The summed E-state index contributed by atoms with van der Waals surface area (Å²) in [5.74, 6) is 0. The first-order valence-electron chi connectivity index (χ1n) is 6.50. The molecule has 20 heavy (non-hydrogen) atoms. The second-order valence-electron chi connectivity index (χ2n) is 5.10. The molecular weight excluding hydrogens is 266 g/mol. The van der Waals surface area contributed by atoms with Gasteiger partial charge in [0.2, 0.25) is 0 Å². The number of nitrogen functional groups attached to an aromatic ring is 1. The molecule has 0 atom stereocenters. The summed E-state index contributed by atoms with van der Waals surface area (Å²) in [6, 6.07) is 12.4. The van der Waals surface area contributed by atoms with Gasteiger partial charge in [-0.2, -0.15) is 5.26 Å². The van der Waals surface area contributed by atoms with Crippen LogP contribution in [-0.4, -0.2) is 4.57 Å². The van der Waals surface area contributed by atoms with Gasteiger partial charge < -0.3 is 10.3 Å². The van der Waals surface area contributed by atoms with E-state index in [1.807, 2.05) is 24.3 Å². The number of anilines is 1. The van der Waals surface area contributed by atoms with Crippen LogP contribution >= 0.6 is 11.3 Å². The molecule has 3 rings (SSSR count). The molecule has 2 aromatic heterocycles. The highest BCUT2D eigenvalue weighted by atomic mass is 32.1. The van der Waals surface area contributed by atoms with Gasteiger partial charge in [-0.25, -0.2) is 0 Å². The van der Waals surface area contributed by atoms with Crippen LogP contribution in [0.15, 0.2) is 36.5 Å². The molecule has 0 aliphatic carbocycles. The Hall–Kier alpha value is -2.25. The molecule has 0 bridgehead atoms. The molecule has 0 fully saturated rings. The largest absolute Gasteiger partial charge is 0.399 e. The van der Waals surface area contributed by atoms with E-state index in [1.165, 1.54) is 22.3 Å². The fourth-order valence-electron chi connectivity index (χ4n) is 2.43. The van der Waals surface area contributed by atoms with Gasteiger partial charge in [-0.15, -0.1) is 11.3 Å². The lowest BCUT2D eigenvalue weighted by Gasteiger charge is -2.09. The lowest BCUT2D eigenvalue weighted by molar-refractivity contribution is 0.623. The van der Waals surface area contributed by atoms with Gasteiger partial charge in [0.05, 0.1) is 5.52 Å². The second-order valence-corrected chi connectivity index (χ2v) is 6.18. The van der Waals surface area contributed by atoms with Crippen molar-refractivity contribution in [3.05, 3.63) is 41.4 Å². The van der Waals surface area contributed by atoms with E-state index in [1.54, 1.807) is 0 Å². The highest BCUT2D eigenvalue weighted by Crippen LogP contribution is 2.36. The quantitative estimate of drug-likeness (QED) is 0.708. The Bertz CT molecular complexity index is 818. The van der Waals surface area contributed by atoms with Crippen molar-refractivity contribution < 1.29 is 0 Å². The van der Waals surface area contributed by atoms with Crippen molar-refractivity contribution in [1.82, 2.24) is 4.57 Å². The van der Waals surface area contributed by atoms with E-state index in [0.29, 0.717) is 6.04 Å². The van der Waals surface area contributed by atoms with Crippen LogP contribution in [0.5, 0.6) is 0 Å². The zero-order valence-corrected chi connectivity index (χ0v) is 12.2. The van der Waals surface area contributed by atoms with Crippen LogP contribution in [0.25, 0.3) is 21.3 Å². The normalized spacial score (nSPS) is 11.1. The minimum Gasteiger partial charge on any atom is -0.399 e. The Balaban J connectivity index is 2.28. The van der Waals surface area contributed by atoms with Gasteiger partial charge in [-0.3, -0.25) is 0 Å². The van der Waals surface area contributed by atoms with Crippen molar-refractivity contribution in [2.45, 2.75) is 19.9 Å². The summed E-state index contributed by atoms with van der Waals surface area (Å²) in [7, 11) is 0. The van der Waals surface area contributed by atoms with Crippen molar-refractivity contribution in [2.75, 3.05) is 5.73 Å². The number of hydrogen-bond acceptors (Lipinski definition) is 3. The van der Waals surface area contributed by atoms with Crippen molar-refractivity contribution in [1.29, 1.82) is 5.26 Å². The first-order chi connectivity index (χ1) is 9.60. The Morgan fingerprint density at radius 3 is 2.70 bits per heavy atom. The third kappa shape index (κ3) is 1.97. The predicted octanol–water partition coefficient (Wildman–Crippen LogP) is 4.40. The molecule has 1 aromatic carbocycles. The van der Waals surface area contributed by atoms with Crippen LogP contribution in [0.2, 0.25) is 0 Å². The van der Waals surface area contributed by atoms with Crippen LogP contribution in [0.3, 0.4) is 0 Å². The second kappa shape index (κ2) is 4.69. The topological polar surface area (TPSA) is 54.7 Å². The molecule has 0 amide bonds. The minimum absolute atomic E-state index is 0.364. The smallest absolute Gasteiger partial charge is 0.110 e. The molecule has 0 saturated carbocycles. The van der Waals surface area contributed by atoms with E-state index in [-0.39, 0.29) is 0 Å². The van der Waals surface area contributed by atoms with E-state index >= 15 is 0 Å². The molecule has 100 valence electrons. The lowest BCUT2D eigenvalue weighted by Crippen LogP contribution is -1.98. The summed E-state index contributed by atoms with van der Waals surface area (Å²) in [6.45, 7) is 4.31. The molecule has 3 aromatic rings. The van der Waals surface area contributed by atoms with Gasteiger partial charge in [0.15, 0.2) is 0 Å². The first kappa shape index (κ1) is 12.8. The van der Waals surface area contributed by atoms with E-state index in [0.717, 1.165) is 21.0 Å². The Labute approximate surface area is 121 Å². The van der Waals surface area contributed by atoms with Gasteiger partial charge in [0, 0.05) is 33.8 Å². The first-order valence-corrected chi connectivity index (χ1v) is 7.32. The fraction of sp³-hybridized carbons (Fsp3) is 0.188. The Morgan fingerprint density at radius 2 is 2.05 bits per heavy atom. The SMILES string of the molecule is CC(C)n1cc(-c2ccc(C#N)s2)c2ccc(N)cc21. The summed E-state index contributed by atoms with van der Waals surface area (Å²) in [5.41, 5.74) is 8.99.